The summed E-state index contributed by atoms with van der Waals surface area (Å²) in [5.74, 6) is -1.21. The van der Waals surface area contributed by atoms with Gasteiger partial charge in [-0.3, -0.25) is 4.79 Å². The largest absolute Gasteiger partial charge is 0.416 e. The molecule has 4 rings (SSSR count). The zero-order valence-corrected chi connectivity index (χ0v) is 19.1. The van der Waals surface area contributed by atoms with Crippen LogP contribution in [0, 0.1) is 0 Å². The van der Waals surface area contributed by atoms with E-state index in [2.05, 4.69) is 5.32 Å². The van der Waals surface area contributed by atoms with E-state index in [4.69, 9.17) is 0 Å². The van der Waals surface area contributed by atoms with Crippen molar-refractivity contribution in [1.29, 1.82) is 0 Å². The Hall–Kier alpha value is -3.75. The Balaban J connectivity index is 1.64. The van der Waals surface area contributed by atoms with Crippen molar-refractivity contribution in [3.8, 4) is 0 Å². The topological polar surface area (TPSA) is 34.0 Å². The summed E-state index contributed by atoms with van der Waals surface area (Å²) in [6, 6.07) is 16.8. The number of nitrogens with zero attached hydrogens (tertiary/aromatic N) is 1. The van der Waals surface area contributed by atoms with Gasteiger partial charge in [-0.15, -0.1) is 0 Å². The fourth-order valence-electron chi connectivity index (χ4n) is 4.31. The molecule has 0 aliphatic carbocycles. The predicted octanol–water partition coefficient (Wildman–Crippen LogP) is 7.05. The maximum absolute atomic E-state index is 13.4. The highest BCUT2D eigenvalue weighted by molar-refractivity contribution is 5.86. The van der Waals surface area contributed by atoms with Gasteiger partial charge in [0.05, 0.1) is 11.1 Å². The molecule has 4 aromatic rings. The molecule has 0 saturated carbocycles. The smallest absolute Gasteiger partial charge is 0.352 e. The quantitative estimate of drug-likeness (QED) is 0.281. The number of carbonyl (C=O) groups is 1. The van der Waals surface area contributed by atoms with Gasteiger partial charge in [0, 0.05) is 43.0 Å². The second-order valence-electron chi connectivity index (χ2n) is 8.57. The molecule has 1 heterocycles. The van der Waals surface area contributed by atoms with Crippen LogP contribution in [0.1, 0.15) is 40.2 Å². The number of carbonyl (C=O) groups excluding carboxylic acids is 1. The number of rotatable bonds is 6. The minimum absolute atomic E-state index is 0.145. The van der Waals surface area contributed by atoms with Gasteiger partial charge in [0.1, 0.15) is 0 Å². The van der Waals surface area contributed by atoms with E-state index in [1.54, 1.807) is 12.3 Å². The van der Waals surface area contributed by atoms with Gasteiger partial charge >= 0.3 is 12.4 Å². The number of halogens is 6. The van der Waals surface area contributed by atoms with E-state index in [-0.39, 0.29) is 18.5 Å². The molecular formula is C27H22F6N2O. The summed E-state index contributed by atoms with van der Waals surface area (Å²) in [5.41, 5.74) is 0.464. The minimum Gasteiger partial charge on any atom is -0.352 e. The lowest BCUT2D eigenvalue weighted by atomic mass is 9.87. The van der Waals surface area contributed by atoms with Gasteiger partial charge in [-0.25, -0.2) is 0 Å². The maximum Gasteiger partial charge on any atom is 0.416 e. The van der Waals surface area contributed by atoms with Crippen molar-refractivity contribution in [1.82, 2.24) is 9.88 Å². The Kier molecular flexibility index (Phi) is 6.84. The van der Waals surface area contributed by atoms with E-state index in [1.807, 2.05) is 35.9 Å². The first kappa shape index (κ1) is 25.3. The summed E-state index contributed by atoms with van der Waals surface area (Å²) < 4.78 is 81.1. The van der Waals surface area contributed by atoms with Crippen molar-refractivity contribution in [2.24, 2.45) is 7.05 Å². The highest BCUT2D eigenvalue weighted by Gasteiger charge is 2.32. The summed E-state index contributed by atoms with van der Waals surface area (Å²) in [7, 11) is 1.81. The molecule has 0 aliphatic rings. The van der Waals surface area contributed by atoms with Crippen LogP contribution in [0.15, 0.2) is 79.0 Å². The molecule has 0 radical (unpaired) electrons. The standard InChI is InChI=1S/C27H22F6N2O/c1-35-16-23(21-10-2-3-11-24(21)35)22(18-7-5-9-20(13-18)27(31,32)33)14-25(36)34-15-17-6-4-8-19(12-17)26(28,29)30/h2-13,16,22H,14-15H2,1H3,(H,34,36). The van der Waals surface area contributed by atoms with Gasteiger partial charge in [0.2, 0.25) is 5.91 Å². The minimum atomic E-state index is -4.55. The Bertz CT molecular complexity index is 1390. The fraction of sp³-hybridized carbons (Fsp3) is 0.222. The first-order valence-electron chi connectivity index (χ1n) is 11.1. The zero-order valence-electron chi connectivity index (χ0n) is 19.1. The molecule has 1 amide bonds. The molecule has 9 heteroatoms. The molecule has 0 fully saturated rings. The third kappa shape index (κ3) is 5.56. The van der Waals surface area contributed by atoms with Crippen molar-refractivity contribution in [2.75, 3.05) is 0 Å². The number of nitrogens with one attached hydrogen (secondary N) is 1. The van der Waals surface area contributed by atoms with E-state index >= 15 is 0 Å². The van der Waals surface area contributed by atoms with E-state index in [0.717, 1.165) is 35.2 Å². The number of aromatic nitrogens is 1. The fourth-order valence-corrected chi connectivity index (χ4v) is 4.31. The van der Waals surface area contributed by atoms with Crippen LogP contribution in [0.25, 0.3) is 10.9 Å². The highest BCUT2D eigenvalue weighted by atomic mass is 19.4. The third-order valence-corrected chi connectivity index (χ3v) is 6.05. The molecule has 1 unspecified atom stereocenters. The van der Waals surface area contributed by atoms with Crippen molar-refractivity contribution < 1.29 is 31.1 Å². The van der Waals surface area contributed by atoms with Crippen LogP contribution in [0.4, 0.5) is 26.3 Å². The molecule has 1 atom stereocenters. The SMILES string of the molecule is Cn1cc(C(CC(=O)NCc2cccc(C(F)(F)F)c2)c2cccc(C(F)(F)F)c2)c2ccccc21. The number of hydrogen-bond donors (Lipinski definition) is 1. The lowest BCUT2D eigenvalue weighted by molar-refractivity contribution is -0.138. The molecule has 188 valence electrons. The second-order valence-corrected chi connectivity index (χ2v) is 8.57. The van der Waals surface area contributed by atoms with E-state index < -0.39 is 35.3 Å². The molecule has 3 nitrogen and oxygen atoms in total. The molecular weight excluding hydrogens is 482 g/mol. The number of para-hydroxylation sites is 1. The number of alkyl halides is 6. The van der Waals surface area contributed by atoms with Crippen LogP contribution >= 0.6 is 0 Å². The molecule has 0 spiro atoms. The van der Waals surface area contributed by atoms with Gasteiger partial charge in [0.25, 0.3) is 0 Å². The summed E-state index contributed by atoms with van der Waals surface area (Å²) in [5, 5.41) is 3.41. The van der Waals surface area contributed by atoms with Crippen molar-refractivity contribution in [3.63, 3.8) is 0 Å². The summed E-state index contributed by atoms with van der Waals surface area (Å²) in [6.07, 6.45) is -7.46. The van der Waals surface area contributed by atoms with E-state index in [9.17, 15) is 31.1 Å². The number of amides is 1. The number of fused-ring (bicyclic) bond motifs is 1. The summed E-state index contributed by atoms with van der Waals surface area (Å²) in [4.78, 5) is 12.9. The molecule has 1 N–H and O–H groups in total. The monoisotopic (exact) mass is 504 g/mol. The van der Waals surface area contributed by atoms with Crippen LogP contribution in [-0.4, -0.2) is 10.5 Å². The molecule has 0 aliphatic heterocycles. The molecule has 0 bridgehead atoms. The first-order valence-corrected chi connectivity index (χ1v) is 11.1. The Morgan fingerprint density at radius 2 is 1.50 bits per heavy atom. The van der Waals surface area contributed by atoms with Gasteiger partial charge in [-0.2, -0.15) is 26.3 Å². The molecule has 3 aromatic carbocycles. The van der Waals surface area contributed by atoms with E-state index in [1.165, 1.54) is 18.2 Å². The van der Waals surface area contributed by atoms with Crippen molar-refractivity contribution in [3.05, 3.63) is 107 Å². The van der Waals surface area contributed by atoms with Crippen LogP contribution in [0.2, 0.25) is 0 Å². The van der Waals surface area contributed by atoms with Crippen LogP contribution in [-0.2, 0) is 30.7 Å². The van der Waals surface area contributed by atoms with Crippen molar-refractivity contribution in [2.45, 2.75) is 31.2 Å². The molecule has 1 aromatic heterocycles. The molecule has 36 heavy (non-hydrogen) atoms. The summed E-state index contributed by atoms with van der Waals surface area (Å²) in [6.45, 7) is -0.145. The zero-order chi connectivity index (χ0) is 26.1. The van der Waals surface area contributed by atoms with Crippen LogP contribution in [0.5, 0.6) is 0 Å². The van der Waals surface area contributed by atoms with Gasteiger partial charge < -0.3 is 9.88 Å². The predicted molar refractivity (Wildman–Crippen MR) is 124 cm³/mol. The van der Waals surface area contributed by atoms with Gasteiger partial charge in [0.15, 0.2) is 0 Å². The van der Waals surface area contributed by atoms with E-state index in [0.29, 0.717) is 11.1 Å². The maximum atomic E-state index is 13.4. The Morgan fingerprint density at radius 3 is 2.19 bits per heavy atom. The van der Waals surface area contributed by atoms with Crippen molar-refractivity contribution >= 4 is 16.8 Å². The number of aryl methyl sites for hydroxylation is 1. The average Bonchev–Trinajstić information content (AvgIpc) is 3.17. The summed E-state index contributed by atoms with van der Waals surface area (Å²) >= 11 is 0. The lowest BCUT2D eigenvalue weighted by Crippen LogP contribution is -2.25. The van der Waals surface area contributed by atoms with Crippen LogP contribution < -0.4 is 5.32 Å². The van der Waals surface area contributed by atoms with Gasteiger partial charge in [-0.05, 0) is 41.0 Å². The number of benzene rings is 3. The molecule has 0 saturated heterocycles. The van der Waals surface area contributed by atoms with Crippen LogP contribution in [0.3, 0.4) is 0 Å². The lowest BCUT2D eigenvalue weighted by Gasteiger charge is -2.19. The van der Waals surface area contributed by atoms with Gasteiger partial charge in [-0.1, -0.05) is 48.5 Å². The average molecular weight is 504 g/mol. The second kappa shape index (κ2) is 9.72. The Morgan fingerprint density at radius 1 is 0.861 bits per heavy atom. The Labute approximate surface area is 203 Å². The highest BCUT2D eigenvalue weighted by Crippen LogP contribution is 2.37. The third-order valence-electron chi connectivity index (χ3n) is 6.05. The normalized spacial score (nSPS) is 13.1. The first-order chi connectivity index (χ1) is 16.9. The number of hydrogen-bond acceptors (Lipinski definition) is 1.